The number of fused-ring (bicyclic) bond motifs is 1. The molecule has 2 aromatic heterocycles. The molecule has 0 unspecified atom stereocenters. The highest BCUT2D eigenvalue weighted by Gasteiger charge is 2.18. The van der Waals surface area contributed by atoms with Crippen molar-refractivity contribution in [1.29, 1.82) is 0 Å². The van der Waals surface area contributed by atoms with Crippen LogP contribution in [-0.2, 0) is 4.79 Å². The molecule has 0 aliphatic carbocycles. The number of benzene rings is 1. The highest BCUT2D eigenvalue weighted by Crippen LogP contribution is 2.24. The molecule has 0 bridgehead atoms. The molecule has 9 heteroatoms. The Labute approximate surface area is 170 Å². The van der Waals surface area contributed by atoms with Crippen LogP contribution in [0, 0.1) is 12.7 Å². The average Bonchev–Trinajstić information content (AvgIpc) is 3.02. The third-order valence-corrected chi connectivity index (χ3v) is 5.54. The fraction of sp³-hybridized carbons (Fsp3) is 0.316. The molecule has 0 fully saturated rings. The number of aromatic amines is 1. The van der Waals surface area contributed by atoms with E-state index in [4.69, 9.17) is 11.6 Å². The number of halogens is 2. The van der Waals surface area contributed by atoms with Gasteiger partial charge in [-0.05, 0) is 44.5 Å². The highest BCUT2D eigenvalue weighted by atomic mass is 35.5. The molecule has 3 aromatic rings. The maximum Gasteiger partial charge on any atom is 0.278 e. The van der Waals surface area contributed by atoms with E-state index in [-0.39, 0.29) is 28.1 Å². The van der Waals surface area contributed by atoms with Crippen molar-refractivity contribution < 1.29 is 9.18 Å². The van der Waals surface area contributed by atoms with E-state index < -0.39 is 11.7 Å². The van der Waals surface area contributed by atoms with Crippen LogP contribution < -0.4 is 10.9 Å². The second-order valence-corrected chi connectivity index (χ2v) is 7.88. The van der Waals surface area contributed by atoms with Crippen molar-refractivity contribution in [3.8, 4) is 0 Å². The molecule has 28 heavy (non-hydrogen) atoms. The van der Waals surface area contributed by atoms with Crippen molar-refractivity contribution >= 4 is 46.0 Å². The topological polar surface area (TPSA) is 79.8 Å². The molecule has 1 atom stereocenters. The number of thioether (sulfide) groups is 1. The predicted molar refractivity (Wildman–Crippen MR) is 111 cm³/mol. The zero-order valence-corrected chi connectivity index (χ0v) is 17.2. The van der Waals surface area contributed by atoms with Crippen molar-refractivity contribution in [1.82, 2.24) is 14.5 Å². The summed E-state index contributed by atoms with van der Waals surface area (Å²) >= 11 is 6.86. The Bertz CT molecular complexity index is 1100. The molecule has 1 amide bonds. The van der Waals surface area contributed by atoms with Crippen LogP contribution in [0.5, 0.6) is 0 Å². The standard InChI is InChI=1S/C19H20ClFN4O2S/c1-4-11(3)25-18(27)17-15(7-10(2)22-17)24-19(25)28-9-16(26)23-14-6-5-12(20)8-13(14)21/h5-8,11,22H,4,9H2,1-3H3,(H,23,26)/t11-/m1/s1. The Morgan fingerprint density at radius 3 is 2.86 bits per heavy atom. The van der Waals surface area contributed by atoms with Gasteiger partial charge in [0.25, 0.3) is 5.56 Å². The van der Waals surface area contributed by atoms with E-state index in [0.717, 1.165) is 29.9 Å². The van der Waals surface area contributed by atoms with Crippen LogP contribution in [0.2, 0.25) is 5.02 Å². The Morgan fingerprint density at radius 1 is 1.43 bits per heavy atom. The van der Waals surface area contributed by atoms with E-state index in [2.05, 4.69) is 15.3 Å². The number of nitrogens with zero attached hydrogens (tertiary/aromatic N) is 2. The summed E-state index contributed by atoms with van der Waals surface area (Å²) in [6.07, 6.45) is 0.739. The number of hydrogen-bond acceptors (Lipinski definition) is 4. The summed E-state index contributed by atoms with van der Waals surface area (Å²) in [5, 5.41) is 3.22. The number of rotatable bonds is 6. The summed E-state index contributed by atoms with van der Waals surface area (Å²) in [4.78, 5) is 32.8. The lowest BCUT2D eigenvalue weighted by atomic mass is 10.2. The maximum atomic E-state index is 13.9. The van der Waals surface area contributed by atoms with Gasteiger partial charge in [-0.15, -0.1) is 0 Å². The highest BCUT2D eigenvalue weighted by molar-refractivity contribution is 7.99. The predicted octanol–water partition coefficient (Wildman–Crippen LogP) is 4.53. The van der Waals surface area contributed by atoms with Crippen molar-refractivity contribution in [3.05, 3.63) is 51.2 Å². The summed E-state index contributed by atoms with van der Waals surface area (Å²) < 4.78 is 15.4. The summed E-state index contributed by atoms with van der Waals surface area (Å²) in [5.41, 5.74) is 1.75. The smallest absolute Gasteiger partial charge is 0.278 e. The molecule has 0 saturated heterocycles. The number of anilines is 1. The van der Waals surface area contributed by atoms with Gasteiger partial charge in [-0.25, -0.2) is 9.37 Å². The molecule has 2 heterocycles. The van der Waals surface area contributed by atoms with Crippen LogP contribution in [0.15, 0.2) is 34.2 Å². The summed E-state index contributed by atoms with van der Waals surface area (Å²) in [6, 6.07) is 5.76. The molecule has 1 aromatic carbocycles. The number of carbonyl (C=O) groups excluding carboxylic acids is 1. The van der Waals surface area contributed by atoms with Gasteiger partial charge >= 0.3 is 0 Å². The second kappa shape index (κ2) is 8.36. The lowest BCUT2D eigenvalue weighted by Crippen LogP contribution is -2.26. The zero-order valence-electron chi connectivity index (χ0n) is 15.7. The van der Waals surface area contributed by atoms with Crippen LogP contribution in [-0.4, -0.2) is 26.2 Å². The minimum absolute atomic E-state index is 0.0140. The van der Waals surface area contributed by atoms with Gasteiger partial charge in [0.1, 0.15) is 11.3 Å². The van der Waals surface area contributed by atoms with E-state index >= 15 is 0 Å². The van der Waals surface area contributed by atoms with Crippen LogP contribution in [0.25, 0.3) is 11.0 Å². The minimum atomic E-state index is -0.607. The van der Waals surface area contributed by atoms with Crippen molar-refractivity contribution in [2.45, 2.75) is 38.4 Å². The Kier molecular flexibility index (Phi) is 6.10. The molecular formula is C19H20ClFN4O2S. The van der Waals surface area contributed by atoms with Gasteiger partial charge in [0.15, 0.2) is 5.16 Å². The number of amides is 1. The third kappa shape index (κ3) is 4.23. The number of aromatic nitrogens is 3. The lowest BCUT2D eigenvalue weighted by Gasteiger charge is -2.17. The minimum Gasteiger partial charge on any atom is -0.353 e. The van der Waals surface area contributed by atoms with Gasteiger partial charge in [0.05, 0.1) is 17.0 Å². The molecule has 148 valence electrons. The molecule has 0 saturated carbocycles. The largest absolute Gasteiger partial charge is 0.353 e. The molecule has 0 aliphatic heterocycles. The van der Waals surface area contributed by atoms with Gasteiger partial charge in [-0.1, -0.05) is 30.3 Å². The molecular weight excluding hydrogens is 403 g/mol. The molecule has 2 N–H and O–H groups in total. The van der Waals surface area contributed by atoms with Crippen molar-refractivity contribution in [2.75, 3.05) is 11.1 Å². The van der Waals surface area contributed by atoms with Crippen molar-refractivity contribution in [3.63, 3.8) is 0 Å². The Morgan fingerprint density at radius 2 is 2.18 bits per heavy atom. The average molecular weight is 423 g/mol. The van der Waals surface area contributed by atoms with E-state index in [1.807, 2.05) is 20.8 Å². The van der Waals surface area contributed by atoms with Gasteiger partial charge in [0, 0.05) is 16.8 Å². The summed E-state index contributed by atoms with van der Waals surface area (Å²) in [7, 11) is 0. The van der Waals surface area contributed by atoms with Crippen LogP contribution in [0.4, 0.5) is 10.1 Å². The Balaban J connectivity index is 1.84. The van der Waals surface area contributed by atoms with Crippen LogP contribution in [0.3, 0.4) is 0 Å². The summed E-state index contributed by atoms with van der Waals surface area (Å²) in [6.45, 7) is 5.76. The molecule has 6 nitrogen and oxygen atoms in total. The number of aryl methyl sites for hydroxylation is 1. The first kappa shape index (κ1) is 20.4. The number of hydrogen-bond donors (Lipinski definition) is 2. The fourth-order valence-electron chi connectivity index (χ4n) is 2.77. The van der Waals surface area contributed by atoms with E-state index in [9.17, 15) is 14.0 Å². The van der Waals surface area contributed by atoms with Gasteiger partial charge in [0.2, 0.25) is 5.91 Å². The number of carbonyl (C=O) groups is 1. The first-order chi connectivity index (χ1) is 13.3. The third-order valence-electron chi connectivity index (χ3n) is 4.36. The number of H-pyrrole nitrogens is 1. The molecule has 3 rings (SSSR count). The SMILES string of the molecule is CC[C@@H](C)n1c(SCC(=O)Nc2ccc(Cl)cc2F)nc2cc(C)[nH]c2c1=O. The zero-order chi connectivity index (χ0) is 20.4. The van der Waals surface area contributed by atoms with Gasteiger partial charge < -0.3 is 10.3 Å². The van der Waals surface area contributed by atoms with E-state index in [1.165, 1.54) is 12.1 Å². The fourth-order valence-corrected chi connectivity index (χ4v) is 3.83. The van der Waals surface area contributed by atoms with Crippen molar-refractivity contribution in [2.24, 2.45) is 0 Å². The molecule has 0 spiro atoms. The second-order valence-electron chi connectivity index (χ2n) is 6.50. The lowest BCUT2D eigenvalue weighted by molar-refractivity contribution is -0.113. The quantitative estimate of drug-likeness (QED) is 0.452. The molecule has 0 radical (unpaired) electrons. The Hall–Kier alpha value is -2.32. The van der Waals surface area contributed by atoms with E-state index in [0.29, 0.717) is 16.2 Å². The first-order valence-electron chi connectivity index (χ1n) is 8.79. The normalized spacial score (nSPS) is 12.3. The van der Waals surface area contributed by atoms with E-state index in [1.54, 1.807) is 10.6 Å². The first-order valence-corrected chi connectivity index (χ1v) is 10.2. The maximum absolute atomic E-state index is 13.9. The summed E-state index contributed by atoms with van der Waals surface area (Å²) in [5.74, 6) is -1.02. The van der Waals surface area contributed by atoms with Crippen LogP contribution >= 0.6 is 23.4 Å². The molecule has 0 aliphatic rings. The van der Waals surface area contributed by atoms with Gasteiger partial charge in [-0.3, -0.25) is 14.2 Å². The van der Waals surface area contributed by atoms with Crippen LogP contribution in [0.1, 0.15) is 32.0 Å². The number of nitrogens with one attached hydrogen (secondary N) is 2. The monoisotopic (exact) mass is 422 g/mol. The van der Waals surface area contributed by atoms with Gasteiger partial charge in [-0.2, -0.15) is 0 Å².